The van der Waals surface area contributed by atoms with Crippen LogP contribution < -0.4 is 4.90 Å². The van der Waals surface area contributed by atoms with Crippen LogP contribution in [0.2, 0.25) is 0 Å². The van der Waals surface area contributed by atoms with E-state index in [-0.39, 0.29) is 0 Å². The molecule has 0 spiro atoms. The second-order valence-electron chi connectivity index (χ2n) is 5.38. The van der Waals surface area contributed by atoms with Crippen molar-refractivity contribution in [1.29, 1.82) is 0 Å². The van der Waals surface area contributed by atoms with E-state index in [1.807, 2.05) is 12.3 Å². The van der Waals surface area contributed by atoms with Crippen molar-refractivity contribution in [2.75, 3.05) is 25.5 Å². The van der Waals surface area contributed by atoms with Gasteiger partial charge in [-0.1, -0.05) is 23.9 Å². The molecule has 0 amide bonds. The van der Waals surface area contributed by atoms with E-state index in [1.165, 1.54) is 15.5 Å². The van der Waals surface area contributed by atoms with Crippen LogP contribution in [0.3, 0.4) is 0 Å². The lowest BCUT2D eigenvalue weighted by Crippen LogP contribution is -2.38. The van der Waals surface area contributed by atoms with Crippen molar-refractivity contribution in [2.24, 2.45) is 0 Å². The molecule has 0 N–H and O–H groups in total. The van der Waals surface area contributed by atoms with Crippen LogP contribution in [0.4, 0.5) is 11.5 Å². The zero-order valence-corrected chi connectivity index (χ0v) is 12.9. The van der Waals surface area contributed by atoms with Crippen molar-refractivity contribution in [3.8, 4) is 0 Å². The third-order valence-corrected chi connectivity index (χ3v) is 4.50. The maximum absolute atomic E-state index is 4.61. The molecule has 0 saturated heterocycles. The molecule has 1 aliphatic heterocycles. The largest absolute Gasteiger partial charge is 0.320 e. The lowest BCUT2D eigenvalue weighted by atomic mass is 10.2. The molecule has 3 nitrogen and oxygen atoms in total. The topological polar surface area (TPSA) is 19.4 Å². The number of fused-ring (bicyclic) bond motifs is 2. The average molecular weight is 285 g/mol. The SMILES string of the molecule is CC(CN(C)C)N1c2ccccc2Sc2cccnc21. The first kappa shape index (κ1) is 13.5. The first-order valence-electron chi connectivity index (χ1n) is 6.82. The van der Waals surface area contributed by atoms with Crippen LogP contribution in [0.1, 0.15) is 6.92 Å². The summed E-state index contributed by atoms with van der Waals surface area (Å²) in [5.41, 5.74) is 1.26. The van der Waals surface area contributed by atoms with Crippen LogP contribution in [-0.2, 0) is 0 Å². The van der Waals surface area contributed by atoms with Crippen molar-refractivity contribution >= 4 is 23.3 Å². The van der Waals surface area contributed by atoms with Crippen LogP contribution in [-0.4, -0.2) is 36.6 Å². The molecule has 104 valence electrons. The first-order valence-corrected chi connectivity index (χ1v) is 7.64. The highest BCUT2D eigenvalue weighted by atomic mass is 32.2. The Morgan fingerprint density at radius 1 is 1.15 bits per heavy atom. The van der Waals surface area contributed by atoms with Gasteiger partial charge in [-0.3, -0.25) is 0 Å². The fourth-order valence-electron chi connectivity index (χ4n) is 2.67. The van der Waals surface area contributed by atoms with Crippen LogP contribution in [0.5, 0.6) is 0 Å². The number of hydrogen-bond acceptors (Lipinski definition) is 4. The molecule has 0 saturated carbocycles. The van der Waals surface area contributed by atoms with E-state index in [1.54, 1.807) is 11.8 Å². The van der Waals surface area contributed by atoms with Gasteiger partial charge in [0.2, 0.25) is 0 Å². The Labute approximate surface area is 124 Å². The summed E-state index contributed by atoms with van der Waals surface area (Å²) in [6, 6.07) is 13.1. The molecule has 3 rings (SSSR count). The number of benzene rings is 1. The smallest absolute Gasteiger partial charge is 0.147 e. The quantitative estimate of drug-likeness (QED) is 0.857. The van der Waals surface area contributed by atoms with Crippen molar-refractivity contribution in [3.05, 3.63) is 42.6 Å². The van der Waals surface area contributed by atoms with Gasteiger partial charge in [0, 0.05) is 23.7 Å². The van der Waals surface area contributed by atoms with Gasteiger partial charge in [0.1, 0.15) is 5.82 Å². The van der Waals surface area contributed by atoms with Crippen molar-refractivity contribution in [3.63, 3.8) is 0 Å². The van der Waals surface area contributed by atoms with E-state index in [4.69, 9.17) is 0 Å². The monoisotopic (exact) mass is 285 g/mol. The maximum Gasteiger partial charge on any atom is 0.147 e. The number of para-hydroxylation sites is 1. The number of pyridine rings is 1. The number of hydrogen-bond donors (Lipinski definition) is 0. The summed E-state index contributed by atoms with van der Waals surface area (Å²) in [7, 11) is 4.22. The van der Waals surface area contributed by atoms with Crippen molar-refractivity contribution < 1.29 is 0 Å². The van der Waals surface area contributed by atoms with Gasteiger partial charge in [-0.15, -0.1) is 0 Å². The van der Waals surface area contributed by atoms with Crippen molar-refractivity contribution in [2.45, 2.75) is 22.8 Å². The Bertz CT molecular complexity index is 567. The Hall–Kier alpha value is -1.52. The minimum absolute atomic E-state index is 0.376. The van der Waals surface area contributed by atoms with E-state index in [0.29, 0.717) is 6.04 Å². The molecule has 0 bridgehead atoms. The van der Waals surface area contributed by atoms with Gasteiger partial charge in [-0.05, 0) is 45.3 Å². The molecule has 4 heteroatoms. The van der Waals surface area contributed by atoms with E-state index in [2.05, 4.69) is 66.1 Å². The van der Waals surface area contributed by atoms with Crippen LogP contribution in [0, 0.1) is 0 Å². The van der Waals surface area contributed by atoms with E-state index < -0.39 is 0 Å². The summed E-state index contributed by atoms with van der Waals surface area (Å²) in [5.74, 6) is 1.07. The highest BCUT2D eigenvalue weighted by Crippen LogP contribution is 2.47. The Balaban J connectivity index is 2.07. The summed E-state index contributed by atoms with van der Waals surface area (Å²) in [4.78, 5) is 11.7. The van der Waals surface area contributed by atoms with Crippen LogP contribution in [0.25, 0.3) is 0 Å². The molecule has 2 heterocycles. The lowest BCUT2D eigenvalue weighted by Gasteiger charge is -2.37. The normalized spacial score (nSPS) is 14.9. The lowest BCUT2D eigenvalue weighted by molar-refractivity contribution is 0.379. The number of aromatic nitrogens is 1. The molecule has 1 aromatic heterocycles. The highest BCUT2D eigenvalue weighted by molar-refractivity contribution is 7.99. The summed E-state index contributed by atoms with van der Waals surface area (Å²) >= 11 is 1.80. The van der Waals surface area contributed by atoms with Gasteiger partial charge in [0.15, 0.2) is 0 Å². The Kier molecular flexibility index (Phi) is 3.68. The third-order valence-electron chi connectivity index (χ3n) is 3.39. The fraction of sp³-hybridized carbons (Fsp3) is 0.312. The predicted octanol–water partition coefficient (Wildman–Crippen LogP) is 3.63. The molecule has 0 aliphatic carbocycles. The molecule has 1 unspecified atom stereocenters. The molecule has 0 radical (unpaired) electrons. The maximum atomic E-state index is 4.61. The number of likely N-dealkylation sites (N-methyl/N-ethyl adjacent to an activating group) is 1. The van der Waals surface area contributed by atoms with Gasteiger partial charge in [0.25, 0.3) is 0 Å². The fourth-order valence-corrected chi connectivity index (χ4v) is 3.72. The third kappa shape index (κ3) is 2.41. The van der Waals surface area contributed by atoms with Crippen LogP contribution in [0.15, 0.2) is 52.4 Å². The summed E-state index contributed by atoms with van der Waals surface area (Å²) in [6.07, 6.45) is 1.88. The highest BCUT2D eigenvalue weighted by Gasteiger charge is 2.27. The van der Waals surface area contributed by atoms with Crippen molar-refractivity contribution in [1.82, 2.24) is 9.88 Å². The zero-order chi connectivity index (χ0) is 14.1. The van der Waals surface area contributed by atoms with E-state index in [0.717, 1.165) is 12.4 Å². The van der Waals surface area contributed by atoms with Crippen LogP contribution >= 0.6 is 11.8 Å². The second-order valence-corrected chi connectivity index (χ2v) is 6.46. The molecule has 1 aromatic carbocycles. The van der Waals surface area contributed by atoms with Gasteiger partial charge in [-0.25, -0.2) is 4.98 Å². The minimum Gasteiger partial charge on any atom is -0.320 e. The molecule has 1 atom stereocenters. The minimum atomic E-state index is 0.376. The molecule has 2 aromatic rings. The molecule has 1 aliphatic rings. The summed E-state index contributed by atoms with van der Waals surface area (Å²) in [6.45, 7) is 3.25. The Morgan fingerprint density at radius 3 is 2.70 bits per heavy atom. The average Bonchev–Trinajstić information content (AvgIpc) is 2.43. The van der Waals surface area contributed by atoms with Gasteiger partial charge in [-0.2, -0.15) is 0 Å². The zero-order valence-electron chi connectivity index (χ0n) is 12.1. The van der Waals surface area contributed by atoms with Gasteiger partial charge >= 0.3 is 0 Å². The van der Waals surface area contributed by atoms with Gasteiger partial charge in [0.05, 0.1) is 10.6 Å². The number of nitrogens with zero attached hydrogens (tertiary/aromatic N) is 3. The predicted molar refractivity (Wildman–Crippen MR) is 85.0 cm³/mol. The summed E-state index contributed by atoms with van der Waals surface area (Å²) < 4.78 is 0. The molecular weight excluding hydrogens is 266 g/mol. The molecular formula is C16H19N3S. The first-order chi connectivity index (χ1) is 9.66. The van der Waals surface area contributed by atoms with E-state index >= 15 is 0 Å². The summed E-state index contributed by atoms with van der Waals surface area (Å²) in [5, 5.41) is 0. The van der Waals surface area contributed by atoms with E-state index in [9.17, 15) is 0 Å². The standard InChI is InChI=1S/C16H19N3S/c1-12(11-18(2)3)19-13-7-4-5-8-14(13)20-15-9-6-10-17-16(15)19/h4-10,12H,11H2,1-3H3. The second kappa shape index (κ2) is 5.46. The molecule has 20 heavy (non-hydrogen) atoms. The number of anilines is 2. The Morgan fingerprint density at radius 2 is 1.90 bits per heavy atom. The number of rotatable bonds is 3. The molecule has 0 fully saturated rings. The van der Waals surface area contributed by atoms with Gasteiger partial charge < -0.3 is 9.80 Å².